The number of Topliss-reactive ketones (excluding diaryl/α,β-unsaturated/α-hetero) is 2. The molecule has 0 fully saturated rings. The largest absolute Gasteiger partial charge is 0.508 e. The number of fused-ring (bicyclic) bond motifs is 3. The summed E-state index contributed by atoms with van der Waals surface area (Å²) in [7, 11) is 0. The van der Waals surface area contributed by atoms with E-state index in [2.05, 4.69) is 4.99 Å². The number of carbonyl (C=O) groups excluding carboxylic acids is 2. The third kappa shape index (κ3) is 3.55. The van der Waals surface area contributed by atoms with Crippen LogP contribution in [0.1, 0.15) is 34.0 Å². The molecule has 3 atom stereocenters. The Hall–Kier alpha value is -3.72. The van der Waals surface area contributed by atoms with Gasteiger partial charge in [-0.15, -0.1) is 12.4 Å². The highest BCUT2D eigenvalue weighted by Gasteiger charge is 2.60. The maximum Gasteiger partial charge on any atom is 0.206 e. The molecule has 8 nitrogen and oxygen atoms in total. The van der Waals surface area contributed by atoms with E-state index in [0.29, 0.717) is 27.8 Å². The van der Waals surface area contributed by atoms with E-state index in [0.717, 1.165) is 0 Å². The van der Waals surface area contributed by atoms with Crippen molar-refractivity contribution in [3.05, 3.63) is 76.1 Å². The van der Waals surface area contributed by atoms with Gasteiger partial charge in [-0.25, -0.2) is 0 Å². The minimum Gasteiger partial charge on any atom is -0.508 e. The minimum atomic E-state index is -2.56. The maximum atomic E-state index is 13.9. The monoisotopic (exact) mass is 522 g/mol. The van der Waals surface area contributed by atoms with Gasteiger partial charge in [-0.3, -0.25) is 14.6 Å². The third-order valence-corrected chi connectivity index (χ3v) is 7.54. The van der Waals surface area contributed by atoms with Crippen LogP contribution in [0, 0.1) is 19.8 Å². The molecular weight excluding hydrogens is 496 g/mol. The van der Waals surface area contributed by atoms with Crippen molar-refractivity contribution >= 4 is 46.1 Å². The van der Waals surface area contributed by atoms with Crippen molar-refractivity contribution in [3.63, 3.8) is 0 Å². The highest BCUT2D eigenvalue weighted by Crippen LogP contribution is 2.50. The van der Waals surface area contributed by atoms with Gasteiger partial charge in [0.25, 0.3) is 0 Å². The Labute approximate surface area is 219 Å². The van der Waals surface area contributed by atoms with Crippen molar-refractivity contribution in [2.24, 2.45) is 16.6 Å². The van der Waals surface area contributed by atoms with E-state index in [4.69, 9.17) is 5.73 Å². The van der Waals surface area contributed by atoms with Crippen LogP contribution in [-0.2, 0) is 11.2 Å². The second-order valence-corrected chi connectivity index (χ2v) is 9.53. The number of para-hydroxylation sites is 1. The molecule has 3 aromatic carbocycles. The molecule has 0 unspecified atom stereocenters. The first-order chi connectivity index (χ1) is 17.0. The predicted octanol–water partition coefficient (Wildman–Crippen LogP) is 3.89. The number of aliphatic hydroxyl groups is 2. The number of ketones is 2. The summed E-state index contributed by atoms with van der Waals surface area (Å²) in [6.07, 6.45) is -0.0410. The van der Waals surface area contributed by atoms with Gasteiger partial charge in [0.05, 0.1) is 34.0 Å². The van der Waals surface area contributed by atoms with E-state index < -0.39 is 40.6 Å². The van der Waals surface area contributed by atoms with Gasteiger partial charge in [0.2, 0.25) is 5.78 Å². The second kappa shape index (κ2) is 8.99. The molecule has 2 aliphatic rings. The number of aliphatic imine (C=N–C) groups is 1. The van der Waals surface area contributed by atoms with Crippen LogP contribution in [0.5, 0.6) is 11.5 Å². The Kier molecular flexibility index (Phi) is 6.40. The Bertz CT molecular complexity index is 1550. The van der Waals surface area contributed by atoms with Crippen molar-refractivity contribution in [3.8, 4) is 11.5 Å². The quantitative estimate of drug-likeness (QED) is 0.320. The van der Waals surface area contributed by atoms with Gasteiger partial charge < -0.3 is 26.2 Å². The molecule has 192 valence electrons. The highest BCUT2D eigenvalue weighted by atomic mass is 35.5. The summed E-state index contributed by atoms with van der Waals surface area (Å²) in [5, 5.41) is 45.4. The first-order valence-corrected chi connectivity index (χ1v) is 11.6. The number of hydrogen-bond donors (Lipinski definition) is 5. The van der Waals surface area contributed by atoms with Gasteiger partial charge in [0, 0.05) is 5.92 Å². The molecule has 0 radical (unpaired) electrons. The molecule has 3 aromatic rings. The molecule has 2 aliphatic carbocycles. The summed E-state index contributed by atoms with van der Waals surface area (Å²) < 4.78 is 0. The fraction of sp³-hybridized carbons (Fsp3) is 0.250. The van der Waals surface area contributed by atoms with E-state index in [-0.39, 0.29) is 46.8 Å². The van der Waals surface area contributed by atoms with Crippen LogP contribution in [0.2, 0.25) is 0 Å². The van der Waals surface area contributed by atoms with E-state index in [1.807, 2.05) is 0 Å². The molecule has 5 rings (SSSR count). The minimum absolute atomic E-state index is 0. The first-order valence-electron chi connectivity index (χ1n) is 11.6. The van der Waals surface area contributed by atoms with E-state index in [1.165, 1.54) is 6.92 Å². The van der Waals surface area contributed by atoms with Gasteiger partial charge in [-0.2, -0.15) is 0 Å². The fourth-order valence-corrected chi connectivity index (χ4v) is 5.52. The molecule has 0 amide bonds. The van der Waals surface area contributed by atoms with E-state index in [9.17, 15) is 30.0 Å². The molecule has 0 saturated carbocycles. The highest BCUT2D eigenvalue weighted by molar-refractivity contribution is 6.27. The number of aromatic hydroxyl groups is 2. The summed E-state index contributed by atoms with van der Waals surface area (Å²) in [6.45, 7) is 4.89. The Morgan fingerprint density at radius 1 is 1.03 bits per heavy atom. The molecular formula is C28H27ClN2O6. The molecule has 0 spiro atoms. The average molecular weight is 523 g/mol. The summed E-state index contributed by atoms with van der Waals surface area (Å²) in [5.74, 6) is -4.28. The SMILES string of the molecule is CC(=Nc1ccccc1)C1=C(O)[C@@]2(O)C(=O)c3c(c(C)c4ccc(C)c(O)c4c3O)C[C@H]2[C@@H](N)C1=O.Cl. The fourth-order valence-electron chi connectivity index (χ4n) is 5.52. The molecule has 0 saturated heterocycles. The summed E-state index contributed by atoms with van der Waals surface area (Å²) in [5.41, 5.74) is 5.35. The van der Waals surface area contributed by atoms with Gasteiger partial charge >= 0.3 is 0 Å². The summed E-state index contributed by atoms with van der Waals surface area (Å²) in [6, 6.07) is 10.8. The Morgan fingerprint density at radius 2 is 1.68 bits per heavy atom. The Balaban J connectivity index is 0.00000320. The van der Waals surface area contributed by atoms with Crippen LogP contribution in [0.4, 0.5) is 5.69 Å². The topological polar surface area (TPSA) is 153 Å². The van der Waals surface area contributed by atoms with Crippen molar-refractivity contribution in [2.75, 3.05) is 0 Å². The van der Waals surface area contributed by atoms with Crippen LogP contribution >= 0.6 is 12.4 Å². The number of phenolic OH excluding ortho intramolecular Hbond substituents is 2. The lowest BCUT2D eigenvalue weighted by atomic mass is 9.61. The number of carbonyl (C=O) groups is 2. The number of aliphatic hydroxyl groups excluding tert-OH is 1. The number of benzene rings is 3. The van der Waals surface area contributed by atoms with Gasteiger partial charge in [-0.1, -0.05) is 30.3 Å². The van der Waals surface area contributed by atoms with Gasteiger partial charge in [0.15, 0.2) is 11.4 Å². The zero-order valence-corrected chi connectivity index (χ0v) is 21.3. The molecule has 0 heterocycles. The number of nitrogens with two attached hydrogens (primary N) is 1. The summed E-state index contributed by atoms with van der Waals surface area (Å²) >= 11 is 0. The summed E-state index contributed by atoms with van der Waals surface area (Å²) in [4.78, 5) is 31.6. The normalized spacial score (nSPS) is 23.5. The lowest BCUT2D eigenvalue weighted by Crippen LogP contribution is -2.63. The number of halogens is 1. The van der Waals surface area contributed by atoms with Crippen LogP contribution in [-0.4, -0.2) is 49.3 Å². The number of aryl methyl sites for hydroxylation is 2. The maximum absolute atomic E-state index is 13.9. The zero-order valence-electron chi connectivity index (χ0n) is 20.4. The molecule has 0 aliphatic heterocycles. The molecule has 37 heavy (non-hydrogen) atoms. The predicted molar refractivity (Wildman–Crippen MR) is 142 cm³/mol. The lowest BCUT2D eigenvalue weighted by Gasteiger charge is -2.45. The number of phenols is 2. The molecule has 0 aromatic heterocycles. The van der Waals surface area contributed by atoms with Crippen molar-refractivity contribution in [1.29, 1.82) is 0 Å². The van der Waals surface area contributed by atoms with Crippen LogP contribution in [0.15, 0.2) is 58.8 Å². The van der Waals surface area contributed by atoms with Crippen molar-refractivity contribution < 1.29 is 30.0 Å². The number of nitrogens with zero attached hydrogens (tertiary/aromatic N) is 1. The molecule has 0 bridgehead atoms. The standard InChI is InChI=1S/C28H26N2O6.ClH/c1-12-9-10-16-13(2)17-11-18-22(29)25(33)19(14(3)30-15-7-5-4-6-8-15)26(34)28(18,36)27(35)21(17)24(32)20(16)23(12)31;/h4-10,18,22,31-32,34,36H,11,29H2,1-3H3;1H/t18-,22+,28+;/m0./s1. The van der Waals surface area contributed by atoms with Crippen LogP contribution < -0.4 is 5.73 Å². The zero-order chi connectivity index (χ0) is 26.1. The van der Waals surface area contributed by atoms with Gasteiger partial charge in [0.1, 0.15) is 17.3 Å². The van der Waals surface area contributed by atoms with Crippen molar-refractivity contribution in [1.82, 2.24) is 0 Å². The third-order valence-electron chi connectivity index (χ3n) is 7.54. The van der Waals surface area contributed by atoms with E-state index >= 15 is 0 Å². The van der Waals surface area contributed by atoms with Crippen LogP contribution in [0.3, 0.4) is 0 Å². The molecule has 6 N–H and O–H groups in total. The number of rotatable bonds is 2. The lowest BCUT2D eigenvalue weighted by molar-refractivity contribution is -0.122. The Morgan fingerprint density at radius 3 is 2.32 bits per heavy atom. The van der Waals surface area contributed by atoms with Crippen molar-refractivity contribution in [2.45, 2.75) is 38.8 Å². The van der Waals surface area contributed by atoms with Crippen LogP contribution in [0.25, 0.3) is 10.8 Å². The second-order valence-electron chi connectivity index (χ2n) is 9.53. The average Bonchev–Trinajstić information content (AvgIpc) is 2.85. The van der Waals surface area contributed by atoms with Gasteiger partial charge in [-0.05, 0) is 61.4 Å². The smallest absolute Gasteiger partial charge is 0.206 e. The number of hydrogen-bond acceptors (Lipinski definition) is 8. The first kappa shape index (κ1) is 26.3. The molecule has 9 heteroatoms. The van der Waals surface area contributed by atoms with E-state index in [1.54, 1.807) is 56.3 Å².